The smallest absolute Gasteiger partial charge is 0.243 e. The average molecular weight is 380 g/mol. The molecule has 0 amide bonds. The largest absolute Gasteiger partial charge is 0.305 e. The Hall–Kier alpha value is -0.180. The van der Waals surface area contributed by atoms with E-state index in [4.69, 9.17) is 0 Å². The minimum atomic E-state index is -3.32. The molecule has 1 atom stereocenters. The Bertz CT molecular complexity index is 513. The van der Waals surface area contributed by atoms with E-state index in [0.29, 0.717) is 24.0 Å². The maximum atomic E-state index is 12.4. The first-order chi connectivity index (χ1) is 8.41. The van der Waals surface area contributed by atoms with Gasteiger partial charge in [0.25, 0.3) is 0 Å². The second-order valence-electron chi connectivity index (χ2n) is 4.72. The van der Waals surface area contributed by atoms with Crippen molar-refractivity contribution in [1.29, 1.82) is 0 Å². The molecule has 1 heterocycles. The number of hydrogen-bond acceptors (Lipinski definition) is 3. The van der Waals surface area contributed by atoms with Crippen LogP contribution in [-0.2, 0) is 10.0 Å². The topological polar surface area (TPSA) is 40.6 Å². The lowest BCUT2D eigenvalue weighted by atomic mass is 10.2. The zero-order chi connectivity index (χ0) is 13.3. The predicted molar refractivity (Wildman–Crippen MR) is 80.0 cm³/mol. The summed E-state index contributed by atoms with van der Waals surface area (Å²) in [4.78, 5) is 2.48. The third kappa shape index (κ3) is 2.87. The minimum Gasteiger partial charge on any atom is -0.305 e. The molecule has 1 unspecified atom stereocenters. The van der Waals surface area contributed by atoms with Gasteiger partial charge in [-0.05, 0) is 67.4 Å². The van der Waals surface area contributed by atoms with Crippen LogP contribution in [-0.4, -0.2) is 50.8 Å². The van der Waals surface area contributed by atoms with Crippen LogP contribution in [0.1, 0.15) is 6.42 Å². The summed E-state index contributed by atoms with van der Waals surface area (Å²) < 4.78 is 27.5. The molecule has 4 nitrogen and oxygen atoms in total. The molecule has 0 saturated carbocycles. The molecule has 1 saturated heterocycles. The van der Waals surface area contributed by atoms with Crippen LogP contribution in [0.5, 0.6) is 0 Å². The fraction of sp³-hybridized carbons (Fsp3) is 0.500. The summed E-state index contributed by atoms with van der Waals surface area (Å²) in [6.45, 7) is 1.19. The van der Waals surface area contributed by atoms with Crippen molar-refractivity contribution in [1.82, 2.24) is 9.21 Å². The Morgan fingerprint density at radius 3 is 2.39 bits per heavy atom. The second-order valence-corrected chi connectivity index (χ2v) is 7.91. The molecular weight excluding hydrogens is 363 g/mol. The van der Waals surface area contributed by atoms with Crippen molar-refractivity contribution in [2.75, 3.05) is 27.2 Å². The van der Waals surface area contributed by atoms with Crippen molar-refractivity contribution in [3.8, 4) is 0 Å². The normalized spacial score (nSPS) is 21.7. The summed E-state index contributed by atoms with van der Waals surface area (Å²) in [6.07, 6.45) is 0.899. The highest BCUT2D eigenvalue weighted by molar-refractivity contribution is 14.1. The number of likely N-dealkylation sites (N-methyl/N-ethyl adjacent to an activating group) is 1. The Morgan fingerprint density at radius 1 is 1.28 bits per heavy atom. The molecule has 0 N–H and O–H groups in total. The highest BCUT2D eigenvalue weighted by atomic mass is 127. The molecule has 1 aliphatic rings. The monoisotopic (exact) mass is 380 g/mol. The molecule has 0 radical (unpaired) electrons. The van der Waals surface area contributed by atoms with Gasteiger partial charge >= 0.3 is 0 Å². The quantitative estimate of drug-likeness (QED) is 0.749. The lowest BCUT2D eigenvalue weighted by molar-refractivity contribution is 0.302. The van der Waals surface area contributed by atoms with Gasteiger partial charge in [-0.25, -0.2) is 8.42 Å². The molecule has 0 bridgehead atoms. The van der Waals surface area contributed by atoms with Gasteiger partial charge in [-0.15, -0.1) is 0 Å². The lowest BCUT2D eigenvalue weighted by Gasteiger charge is -2.20. The van der Waals surface area contributed by atoms with Crippen LogP contribution in [0.25, 0.3) is 0 Å². The van der Waals surface area contributed by atoms with Crippen LogP contribution in [0.4, 0.5) is 0 Å². The van der Waals surface area contributed by atoms with Gasteiger partial charge in [0.2, 0.25) is 10.0 Å². The zero-order valence-corrected chi connectivity index (χ0v) is 13.5. The van der Waals surface area contributed by atoms with Gasteiger partial charge in [-0.3, -0.25) is 0 Å². The summed E-state index contributed by atoms with van der Waals surface area (Å²) >= 11 is 2.17. The Kier molecular flexibility index (Phi) is 4.30. The summed E-state index contributed by atoms with van der Waals surface area (Å²) in [5.74, 6) is 0. The van der Waals surface area contributed by atoms with Crippen molar-refractivity contribution < 1.29 is 8.42 Å². The van der Waals surface area contributed by atoms with Crippen molar-refractivity contribution >= 4 is 32.6 Å². The molecule has 1 fully saturated rings. The first-order valence-corrected chi connectivity index (χ1v) is 8.35. The summed E-state index contributed by atoms with van der Waals surface area (Å²) in [6, 6.07) is 7.34. The standard InChI is InChI=1S/C12H17IN2O2S/c1-14(2)11-7-8-15(9-11)18(16,17)12-5-3-10(13)4-6-12/h3-6,11H,7-9H2,1-2H3. The van der Waals surface area contributed by atoms with Gasteiger partial charge in [0.1, 0.15) is 0 Å². The molecule has 6 heteroatoms. The van der Waals surface area contributed by atoms with Gasteiger partial charge < -0.3 is 4.90 Å². The molecule has 1 aromatic rings. The van der Waals surface area contributed by atoms with Crippen LogP contribution in [0.15, 0.2) is 29.2 Å². The summed E-state index contributed by atoms with van der Waals surface area (Å²) in [5, 5.41) is 0. The Morgan fingerprint density at radius 2 is 1.89 bits per heavy atom. The number of halogens is 1. The van der Waals surface area contributed by atoms with E-state index in [-0.39, 0.29) is 0 Å². The number of hydrogen-bond donors (Lipinski definition) is 0. The van der Waals surface area contributed by atoms with E-state index in [1.807, 2.05) is 26.2 Å². The second kappa shape index (κ2) is 5.44. The van der Waals surface area contributed by atoms with Crippen LogP contribution >= 0.6 is 22.6 Å². The Labute approximate surface area is 122 Å². The van der Waals surface area contributed by atoms with Gasteiger partial charge in [-0.2, -0.15) is 4.31 Å². The fourth-order valence-corrected chi connectivity index (χ4v) is 3.96. The molecule has 0 aliphatic carbocycles. The molecular formula is C12H17IN2O2S. The maximum Gasteiger partial charge on any atom is 0.243 e. The van der Waals surface area contributed by atoms with Gasteiger partial charge in [-0.1, -0.05) is 0 Å². The van der Waals surface area contributed by atoms with E-state index < -0.39 is 10.0 Å². The number of rotatable bonds is 3. The van der Waals surface area contributed by atoms with E-state index in [0.717, 1.165) is 9.99 Å². The molecule has 1 aliphatic heterocycles. The molecule has 100 valence electrons. The molecule has 2 rings (SSSR count). The van der Waals surface area contributed by atoms with Crippen molar-refractivity contribution in [3.05, 3.63) is 27.8 Å². The van der Waals surface area contributed by atoms with E-state index in [9.17, 15) is 8.42 Å². The van der Waals surface area contributed by atoms with Gasteiger partial charge in [0.05, 0.1) is 4.90 Å². The van der Waals surface area contributed by atoms with E-state index >= 15 is 0 Å². The van der Waals surface area contributed by atoms with Crippen molar-refractivity contribution in [3.63, 3.8) is 0 Å². The van der Waals surface area contributed by atoms with Crippen molar-refractivity contribution in [2.24, 2.45) is 0 Å². The molecule has 1 aromatic carbocycles. The van der Waals surface area contributed by atoms with Crippen LogP contribution in [0.2, 0.25) is 0 Å². The Balaban J connectivity index is 2.20. The van der Waals surface area contributed by atoms with Gasteiger partial charge in [0.15, 0.2) is 0 Å². The maximum absolute atomic E-state index is 12.4. The van der Waals surface area contributed by atoms with Crippen LogP contribution < -0.4 is 0 Å². The fourth-order valence-electron chi connectivity index (χ4n) is 2.11. The SMILES string of the molecule is CN(C)C1CCN(S(=O)(=O)c2ccc(I)cc2)C1. The highest BCUT2D eigenvalue weighted by Crippen LogP contribution is 2.23. The molecule has 0 spiro atoms. The van der Waals surface area contributed by atoms with E-state index in [1.165, 1.54) is 0 Å². The number of benzene rings is 1. The third-order valence-corrected chi connectivity index (χ3v) is 5.91. The zero-order valence-electron chi connectivity index (χ0n) is 10.5. The number of sulfonamides is 1. The third-order valence-electron chi connectivity index (χ3n) is 3.31. The number of nitrogens with zero attached hydrogens (tertiary/aromatic N) is 2. The van der Waals surface area contributed by atoms with E-state index in [2.05, 4.69) is 27.5 Å². The van der Waals surface area contributed by atoms with Gasteiger partial charge in [0, 0.05) is 22.7 Å². The first-order valence-electron chi connectivity index (χ1n) is 5.83. The summed E-state index contributed by atoms with van der Waals surface area (Å²) in [7, 11) is 0.665. The molecule has 18 heavy (non-hydrogen) atoms. The van der Waals surface area contributed by atoms with E-state index in [1.54, 1.807) is 16.4 Å². The van der Waals surface area contributed by atoms with Crippen LogP contribution in [0, 0.1) is 3.57 Å². The summed E-state index contributed by atoms with van der Waals surface area (Å²) in [5.41, 5.74) is 0. The highest BCUT2D eigenvalue weighted by Gasteiger charge is 2.33. The first kappa shape index (κ1) is 14.2. The van der Waals surface area contributed by atoms with Crippen molar-refractivity contribution in [2.45, 2.75) is 17.4 Å². The molecule has 0 aromatic heterocycles. The average Bonchev–Trinajstić information content (AvgIpc) is 2.79. The minimum absolute atomic E-state index is 0.323. The lowest BCUT2D eigenvalue weighted by Crippen LogP contribution is -2.34. The predicted octanol–water partition coefficient (Wildman–Crippen LogP) is 1.62. The van der Waals surface area contributed by atoms with Crippen LogP contribution in [0.3, 0.4) is 0 Å².